The van der Waals surface area contributed by atoms with Crippen molar-refractivity contribution in [3.05, 3.63) is 11.6 Å². The Morgan fingerprint density at radius 3 is 2.39 bits per heavy atom. The SMILES string of the molecule is CC(C)CC[C@H](O)[C@](C)(O)[C@H]1CC[C@]2(O)C3=CC(=O)[C@@H]4C[C@@H](O)[C@@H](O)C[C@]4(C)[C@H]3CC[C@]12C. The lowest BCUT2D eigenvalue weighted by atomic mass is 9.45. The molecule has 4 rings (SSSR count). The molecule has 10 atom stereocenters. The standard InChI is InChI=1S/C27H44O6/c1-15(2)6-7-23(31)26(5,32)22-9-11-27(33)17-12-19(28)18-13-20(29)21(30)14-24(18,3)16(17)8-10-25(22,27)4/h12,15-16,18,20-23,29-33H,6-11,13-14H2,1-5H3/t16-,18-,20+,21-,22-,23-,24+,25+,26+,27-/m0/s1. The lowest BCUT2D eigenvalue weighted by molar-refractivity contribution is -0.176. The summed E-state index contributed by atoms with van der Waals surface area (Å²) < 4.78 is 0. The highest BCUT2D eigenvalue weighted by molar-refractivity contribution is 5.95. The summed E-state index contributed by atoms with van der Waals surface area (Å²) in [6, 6.07) is 0. The molecule has 0 aromatic rings. The van der Waals surface area contributed by atoms with Crippen LogP contribution in [0.4, 0.5) is 0 Å². The lowest BCUT2D eigenvalue weighted by Crippen LogP contribution is -2.62. The largest absolute Gasteiger partial charge is 0.390 e. The first-order valence-corrected chi connectivity index (χ1v) is 12.9. The summed E-state index contributed by atoms with van der Waals surface area (Å²) in [4.78, 5) is 13.2. The Kier molecular flexibility index (Phi) is 6.23. The van der Waals surface area contributed by atoms with Crippen LogP contribution in [0, 0.1) is 34.5 Å². The van der Waals surface area contributed by atoms with E-state index < -0.39 is 40.3 Å². The minimum atomic E-state index is -1.34. The van der Waals surface area contributed by atoms with E-state index in [0.29, 0.717) is 38.0 Å². The van der Waals surface area contributed by atoms with Crippen molar-refractivity contribution in [2.45, 2.75) is 115 Å². The molecule has 0 spiro atoms. The van der Waals surface area contributed by atoms with Crippen LogP contribution in [0.5, 0.6) is 0 Å². The third-order valence-corrected chi connectivity index (χ3v) is 10.5. The third kappa shape index (κ3) is 3.58. The van der Waals surface area contributed by atoms with Crippen LogP contribution >= 0.6 is 0 Å². The van der Waals surface area contributed by atoms with E-state index in [1.807, 2.05) is 13.8 Å². The molecule has 0 bridgehead atoms. The van der Waals surface area contributed by atoms with Gasteiger partial charge in [-0.05, 0) is 93.1 Å². The second-order valence-electron chi connectivity index (χ2n) is 12.8. The van der Waals surface area contributed by atoms with Gasteiger partial charge in [-0.3, -0.25) is 4.79 Å². The van der Waals surface area contributed by atoms with E-state index in [1.54, 1.807) is 13.0 Å². The fourth-order valence-electron chi connectivity index (χ4n) is 8.32. The molecule has 0 aliphatic heterocycles. The highest BCUT2D eigenvalue weighted by Gasteiger charge is 2.69. The molecule has 0 amide bonds. The smallest absolute Gasteiger partial charge is 0.159 e. The fourth-order valence-corrected chi connectivity index (χ4v) is 8.32. The number of aliphatic hydroxyl groups is 5. The van der Waals surface area contributed by atoms with E-state index >= 15 is 0 Å². The first kappa shape index (κ1) is 25.3. The van der Waals surface area contributed by atoms with Crippen molar-refractivity contribution in [3.8, 4) is 0 Å². The molecule has 0 heterocycles. The van der Waals surface area contributed by atoms with Crippen molar-refractivity contribution in [2.75, 3.05) is 0 Å². The fraction of sp³-hybridized carbons (Fsp3) is 0.889. The Balaban J connectivity index is 1.68. The van der Waals surface area contributed by atoms with Crippen LogP contribution in [0.3, 0.4) is 0 Å². The lowest BCUT2D eigenvalue weighted by Gasteiger charge is -2.60. The number of hydrogen-bond donors (Lipinski definition) is 5. The van der Waals surface area contributed by atoms with E-state index in [0.717, 1.165) is 18.4 Å². The van der Waals surface area contributed by atoms with E-state index in [1.165, 1.54) is 0 Å². The van der Waals surface area contributed by atoms with Crippen molar-refractivity contribution in [3.63, 3.8) is 0 Å². The van der Waals surface area contributed by atoms with Crippen LogP contribution in [0.15, 0.2) is 11.6 Å². The number of aliphatic hydroxyl groups excluding tert-OH is 3. The molecule has 4 aliphatic carbocycles. The molecule has 0 radical (unpaired) electrons. The van der Waals surface area contributed by atoms with Crippen LogP contribution in [0.2, 0.25) is 0 Å². The summed E-state index contributed by atoms with van der Waals surface area (Å²) >= 11 is 0. The van der Waals surface area contributed by atoms with Gasteiger partial charge in [0.2, 0.25) is 0 Å². The molecule has 3 fully saturated rings. The Labute approximate surface area is 198 Å². The summed E-state index contributed by atoms with van der Waals surface area (Å²) in [7, 11) is 0. The zero-order valence-electron chi connectivity index (χ0n) is 20.9. The van der Waals surface area contributed by atoms with Crippen molar-refractivity contribution in [2.24, 2.45) is 34.5 Å². The number of fused-ring (bicyclic) bond motifs is 5. The van der Waals surface area contributed by atoms with E-state index in [4.69, 9.17) is 0 Å². The molecule has 3 saturated carbocycles. The van der Waals surface area contributed by atoms with Crippen molar-refractivity contribution >= 4 is 5.78 Å². The molecule has 4 aliphatic rings. The Bertz CT molecular complexity index is 819. The number of allylic oxidation sites excluding steroid dienone is 1. The molecular weight excluding hydrogens is 420 g/mol. The summed E-state index contributed by atoms with van der Waals surface area (Å²) in [5.74, 6) is -0.331. The van der Waals surface area contributed by atoms with Crippen LogP contribution in [0.25, 0.3) is 0 Å². The van der Waals surface area contributed by atoms with Crippen molar-refractivity contribution in [1.82, 2.24) is 0 Å². The van der Waals surface area contributed by atoms with Gasteiger partial charge in [0.15, 0.2) is 5.78 Å². The minimum absolute atomic E-state index is 0.0463. The summed E-state index contributed by atoms with van der Waals surface area (Å²) in [5, 5.41) is 55.4. The van der Waals surface area contributed by atoms with Crippen LogP contribution in [0.1, 0.15) is 86.0 Å². The number of carbonyl (C=O) groups excluding carboxylic acids is 1. The first-order valence-electron chi connectivity index (χ1n) is 12.9. The minimum Gasteiger partial charge on any atom is -0.390 e. The molecule has 0 unspecified atom stereocenters. The number of rotatable bonds is 5. The first-order chi connectivity index (χ1) is 15.2. The van der Waals surface area contributed by atoms with Crippen LogP contribution in [-0.4, -0.2) is 60.8 Å². The topological polar surface area (TPSA) is 118 Å². The number of hydrogen-bond acceptors (Lipinski definition) is 6. The highest BCUT2D eigenvalue weighted by atomic mass is 16.3. The highest BCUT2D eigenvalue weighted by Crippen LogP contribution is 2.68. The van der Waals surface area contributed by atoms with Gasteiger partial charge in [0.1, 0.15) is 0 Å². The summed E-state index contributed by atoms with van der Waals surface area (Å²) in [6.45, 7) is 9.96. The number of carbonyl (C=O) groups is 1. The molecule has 0 aromatic carbocycles. The summed E-state index contributed by atoms with van der Waals surface area (Å²) in [6.07, 6.45) is 3.39. The Hall–Kier alpha value is -0.790. The molecular formula is C27H44O6. The monoisotopic (exact) mass is 464 g/mol. The molecule has 0 saturated heterocycles. The van der Waals surface area contributed by atoms with Crippen LogP contribution < -0.4 is 0 Å². The van der Waals surface area contributed by atoms with Gasteiger partial charge in [0.05, 0.1) is 29.5 Å². The zero-order chi connectivity index (χ0) is 24.6. The van der Waals surface area contributed by atoms with Gasteiger partial charge >= 0.3 is 0 Å². The predicted octanol–water partition coefficient (Wildman–Crippen LogP) is 2.74. The van der Waals surface area contributed by atoms with Crippen LogP contribution in [-0.2, 0) is 4.79 Å². The Morgan fingerprint density at radius 2 is 1.76 bits per heavy atom. The molecule has 0 aromatic heterocycles. The van der Waals surface area contributed by atoms with Gasteiger partial charge in [-0.15, -0.1) is 0 Å². The number of ketones is 1. The normalized spacial score (nSPS) is 47.9. The maximum Gasteiger partial charge on any atom is 0.159 e. The van der Waals surface area contributed by atoms with Gasteiger partial charge in [0, 0.05) is 11.3 Å². The Morgan fingerprint density at radius 1 is 1.09 bits per heavy atom. The van der Waals surface area contributed by atoms with Gasteiger partial charge in [0.25, 0.3) is 0 Å². The summed E-state index contributed by atoms with van der Waals surface area (Å²) in [5.41, 5.74) is -2.98. The van der Waals surface area contributed by atoms with Gasteiger partial charge in [-0.25, -0.2) is 0 Å². The predicted molar refractivity (Wildman–Crippen MR) is 125 cm³/mol. The molecule has 6 heteroatoms. The van der Waals surface area contributed by atoms with Crippen molar-refractivity contribution in [1.29, 1.82) is 0 Å². The van der Waals surface area contributed by atoms with Gasteiger partial charge in [-0.2, -0.15) is 0 Å². The second kappa shape index (κ2) is 8.12. The molecule has 6 nitrogen and oxygen atoms in total. The molecule has 5 N–H and O–H groups in total. The van der Waals surface area contributed by atoms with E-state index in [-0.39, 0.29) is 30.0 Å². The maximum absolute atomic E-state index is 13.2. The maximum atomic E-state index is 13.2. The third-order valence-electron chi connectivity index (χ3n) is 10.5. The van der Waals surface area contributed by atoms with E-state index in [9.17, 15) is 30.3 Å². The molecule has 33 heavy (non-hydrogen) atoms. The van der Waals surface area contributed by atoms with Gasteiger partial charge < -0.3 is 25.5 Å². The molecule has 188 valence electrons. The van der Waals surface area contributed by atoms with Gasteiger partial charge in [-0.1, -0.05) is 27.7 Å². The average Bonchev–Trinajstić information content (AvgIpc) is 3.00. The quantitative estimate of drug-likeness (QED) is 0.427. The van der Waals surface area contributed by atoms with Crippen molar-refractivity contribution < 1.29 is 30.3 Å². The second-order valence-corrected chi connectivity index (χ2v) is 12.8. The average molecular weight is 465 g/mol. The van der Waals surface area contributed by atoms with E-state index in [2.05, 4.69) is 13.8 Å². The zero-order valence-corrected chi connectivity index (χ0v) is 20.9.